The molecule has 5 nitrogen and oxygen atoms in total. The summed E-state index contributed by atoms with van der Waals surface area (Å²) in [7, 11) is -3.62. The number of halogens is 2. The maximum absolute atomic E-state index is 12.7. The molecule has 1 aromatic heterocycles. The number of benzene rings is 1. The fourth-order valence-corrected chi connectivity index (χ4v) is 4.54. The third kappa shape index (κ3) is 3.14. The molecule has 118 valence electrons. The normalized spacial score (nSPS) is 15.4. The lowest BCUT2D eigenvalue weighted by Gasteiger charge is -2.09. The van der Waals surface area contributed by atoms with Crippen molar-refractivity contribution >= 4 is 33.0 Å². The lowest BCUT2D eigenvalue weighted by Crippen LogP contribution is -2.14. The number of aromatic nitrogens is 3. The zero-order valence-corrected chi connectivity index (χ0v) is 14.1. The highest BCUT2D eigenvalue weighted by Gasteiger charge is 2.26. The van der Waals surface area contributed by atoms with E-state index in [1.807, 2.05) is 0 Å². The largest absolute Gasteiger partial charge is 0.302 e. The highest BCUT2D eigenvalue weighted by Crippen LogP contribution is 2.26. The molecule has 1 aliphatic rings. The zero-order chi connectivity index (χ0) is 15.7. The molecule has 22 heavy (non-hydrogen) atoms. The van der Waals surface area contributed by atoms with Crippen LogP contribution in [0.5, 0.6) is 0 Å². The van der Waals surface area contributed by atoms with E-state index in [0.717, 1.165) is 31.5 Å². The summed E-state index contributed by atoms with van der Waals surface area (Å²) in [4.78, 5) is 0. The topological polar surface area (TPSA) is 64.8 Å². The highest BCUT2D eigenvalue weighted by atomic mass is 35.5. The van der Waals surface area contributed by atoms with Crippen LogP contribution in [0.15, 0.2) is 23.4 Å². The van der Waals surface area contributed by atoms with Crippen LogP contribution in [-0.2, 0) is 28.6 Å². The van der Waals surface area contributed by atoms with E-state index in [4.69, 9.17) is 23.2 Å². The van der Waals surface area contributed by atoms with Gasteiger partial charge in [0.25, 0.3) is 0 Å². The van der Waals surface area contributed by atoms with Crippen LogP contribution in [0.1, 0.15) is 30.7 Å². The molecule has 0 saturated carbocycles. The summed E-state index contributed by atoms with van der Waals surface area (Å²) in [6.07, 6.45) is 3.78. The molecule has 0 radical (unpaired) electrons. The van der Waals surface area contributed by atoms with E-state index in [9.17, 15) is 8.42 Å². The van der Waals surface area contributed by atoms with Crippen molar-refractivity contribution in [3.05, 3.63) is 39.6 Å². The summed E-state index contributed by atoms with van der Waals surface area (Å²) in [6, 6.07) is 4.79. The third-order valence-corrected chi connectivity index (χ3v) is 5.86. The van der Waals surface area contributed by atoms with Crippen LogP contribution in [-0.4, -0.2) is 23.2 Å². The van der Waals surface area contributed by atoms with Crippen LogP contribution in [0.25, 0.3) is 0 Å². The Labute approximate surface area is 139 Å². The number of nitrogens with zero attached hydrogens (tertiary/aromatic N) is 3. The van der Waals surface area contributed by atoms with Crippen molar-refractivity contribution in [1.82, 2.24) is 14.8 Å². The quantitative estimate of drug-likeness (QED) is 0.843. The number of aryl methyl sites for hydroxylation is 1. The van der Waals surface area contributed by atoms with E-state index in [-0.39, 0.29) is 10.9 Å². The van der Waals surface area contributed by atoms with E-state index in [1.54, 1.807) is 22.8 Å². The van der Waals surface area contributed by atoms with E-state index in [2.05, 4.69) is 10.2 Å². The molecule has 0 atom stereocenters. The van der Waals surface area contributed by atoms with Gasteiger partial charge in [-0.2, -0.15) is 0 Å². The van der Waals surface area contributed by atoms with Gasteiger partial charge in [-0.25, -0.2) is 8.42 Å². The molecule has 2 aromatic rings. The minimum atomic E-state index is -3.62. The van der Waals surface area contributed by atoms with Gasteiger partial charge in [0.2, 0.25) is 15.0 Å². The predicted octanol–water partition coefficient (Wildman–Crippen LogP) is 3.29. The summed E-state index contributed by atoms with van der Waals surface area (Å²) in [5.74, 6) is 0.512. The van der Waals surface area contributed by atoms with Crippen molar-refractivity contribution in [3.8, 4) is 0 Å². The second kappa shape index (κ2) is 6.18. The van der Waals surface area contributed by atoms with Crippen molar-refractivity contribution in [1.29, 1.82) is 0 Å². The molecular formula is C14H15Cl2N3O2S. The van der Waals surface area contributed by atoms with Gasteiger partial charge in [-0.15, -0.1) is 10.2 Å². The van der Waals surface area contributed by atoms with Crippen LogP contribution in [0.4, 0.5) is 0 Å². The maximum atomic E-state index is 12.7. The summed E-state index contributed by atoms with van der Waals surface area (Å²) >= 11 is 12.0. The first-order valence-corrected chi connectivity index (χ1v) is 9.47. The number of hydrogen-bond acceptors (Lipinski definition) is 4. The van der Waals surface area contributed by atoms with Gasteiger partial charge < -0.3 is 4.57 Å². The van der Waals surface area contributed by atoms with Gasteiger partial charge in [-0.1, -0.05) is 29.6 Å². The molecule has 8 heteroatoms. The lowest BCUT2D eigenvalue weighted by atomic mass is 10.2. The lowest BCUT2D eigenvalue weighted by molar-refractivity contribution is 0.546. The molecule has 3 rings (SSSR count). The Hall–Kier alpha value is -1.11. The van der Waals surface area contributed by atoms with Crippen LogP contribution in [0, 0.1) is 0 Å². The second-order valence-corrected chi connectivity index (χ2v) is 8.08. The molecule has 0 saturated heterocycles. The van der Waals surface area contributed by atoms with Crippen molar-refractivity contribution < 1.29 is 8.42 Å². The van der Waals surface area contributed by atoms with E-state index in [0.29, 0.717) is 22.2 Å². The van der Waals surface area contributed by atoms with Gasteiger partial charge in [0, 0.05) is 23.0 Å². The van der Waals surface area contributed by atoms with Gasteiger partial charge in [0.1, 0.15) is 5.82 Å². The van der Waals surface area contributed by atoms with E-state index in [1.165, 1.54) is 0 Å². The van der Waals surface area contributed by atoms with Gasteiger partial charge in [0.05, 0.1) is 5.75 Å². The summed E-state index contributed by atoms with van der Waals surface area (Å²) < 4.78 is 27.1. The first kappa shape index (κ1) is 15.8. The average Bonchev–Trinajstić information content (AvgIpc) is 2.73. The molecule has 0 spiro atoms. The van der Waals surface area contributed by atoms with Crippen LogP contribution in [0.3, 0.4) is 0 Å². The van der Waals surface area contributed by atoms with Crippen molar-refractivity contribution in [2.75, 3.05) is 0 Å². The molecule has 0 fully saturated rings. The minimum absolute atomic E-state index is 0.0282. The summed E-state index contributed by atoms with van der Waals surface area (Å²) in [5, 5.41) is 8.81. The van der Waals surface area contributed by atoms with Crippen LogP contribution in [0.2, 0.25) is 10.0 Å². The van der Waals surface area contributed by atoms with Gasteiger partial charge in [0.15, 0.2) is 0 Å². The number of fused-ring (bicyclic) bond motifs is 1. The average molecular weight is 360 g/mol. The Morgan fingerprint density at radius 3 is 2.77 bits per heavy atom. The van der Waals surface area contributed by atoms with E-state index < -0.39 is 9.84 Å². The first-order chi connectivity index (χ1) is 10.5. The van der Waals surface area contributed by atoms with Crippen LogP contribution >= 0.6 is 23.2 Å². The molecule has 0 amide bonds. The molecule has 0 N–H and O–H groups in total. The molecule has 1 aromatic carbocycles. The Morgan fingerprint density at radius 1 is 1.14 bits per heavy atom. The van der Waals surface area contributed by atoms with Gasteiger partial charge in [-0.3, -0.25) is 0 Å². The molecule has 0 bridgehead atoms. The molecule has 0 aliphatic carbocycles. The number of hydrogen-bond donors (Lipinski definition) is 0. The van der Waals surface area contributed by atoms with Crippen molar-refractivity contribution in [3.63, 3.8) is 0 Å². The third-order valence-electron chi connectivity index (χ3n) is 3.71. The maximum Gasteiger partial charge on any atom is 0.250 e. The second-order valence-electron chi connectivity index (χ2n) is 5.36. The Bertz CT molecular complexity index is 802. The Morgan fingerprint density at radius 2 is 1.95 bits per heavy atom. The Balaban J connectivity index is 1.97. The molecule has 1 aliphatic heterocycles. The summed E-state index contributed by atoms with van der Waals surface area (Å²) in [5.41, 5.74) is 0.472. The molecule has 2 heterocycles. The molecule has 0 unspecified atom stereocenters. The number of sulfone groups is 1. The monoisotopic (exact) mass is 359 g/mol. The first-order valence-electron chi connectivity index (χ1n) is 7.06. The Kier molecular flexibility index (Phi) is 4.43. The SMILES string of the molecule is O=S(=O)(Cc1cc(Cl)ccc1Cl)c1nnc2n1CCCCC2. The zero-order valence-electron chi connectivity index (χ0n) is 11.8. The van der Waals surface area contributed by atoms with Crippen LogP contribution < -0.4 is 0 Å². The predicted molar refractivity (Wildman–Crippen MR) is 84.9 cm³/mol. The fourth-order valence-electron chi connectivity index (χ4n) is 2.61. The fraction of sp³-hybridized carbons (Fsp3) is 0.429. The van der Waals surface area contributed by atoms with Gasteiger partial charge >= 0.3 is 0 Å². The summed E-state index contributed by atoms with van der Waals surface area (Å²) in [6.45, 7) is 0.639. The van der Waals surface area contributed by atoms with Gasteiger partial charge in [-0.05, 0) is 36.6 Å². The standard InChI is InChI=1S/C14H15Cl2N3O2S/c15-11-5-6-12(16)10(8-11)9-22(20,21)14-18-17-13-4-2-1-3-7-19(13)14/h5-6,8H,1-4,7,9H2. The molecular weight excluding hydrogens is 345 g/mol. The van der Waals surface area contributed by atoms with Crippen molar-refractivity contribution in [2.45, 2.75) is 43.1 Å². The smallest absolute Gasteiger partial charge is 0.250 e. The number of rotatable bonds is 3. The van der Waals surface area contributed by atoms with E-state index >= 15 is 0 Å². The highest BCUT2D eigenvalue weighted by molar-refractivity contribution is 7.90. The van der Waals surface area contributed by atoms with Crippen molar-refractivity contribution in [2.24, 2.45) is 0 Å². The minimum Gasteiger partial charge on any atom is -0.302 e.